The molecule has 0 bridgehead atoms. The summed E-state index contributed by atoms with van der Waals surface area (Å²) >= 11 is 0. The second-order valence-corrected chi connectivity index (χ2v) is 7.63. The molecule has 4 rings (SSSR count). The Hall–Kier alpha value is -2.67. The van der Waals surface area contributed by atoms with E-state index in [4.69, 9.17) is 0 Å². The van der Waals surface area contributed by atoms with Crippen LogP contribution in [0.5, 0.6) is 0 Å². The second-order valence-electron chi connectivity index (χ2n) is 7.63. The maximum Gasteiger partial charge on any atom is 0.246 e. The Kier molecular flexibility index (Phi) is 4.47. The summed E-state index contributed by atoms with van der Waals surface area (Å²) in [6.45, 7) is 4.72. The number of aryl methyl sites for hydroxylation is 1. The van der Waals surface area contributed by atoms with Gasteiger partial charge in [0.15, 0.2) is 0 Å². The van der Waals surface area contributed by atoms with E-state index >= 15 is 0 Å². The highest BCUT2D eigenvalue weighted by Crippen LogP contribution is 2.35. The van der Waals surface area contributed by atoms with Crippen LogP contribution < -0.4 is 4.90 Å². The van der Waals surface area contributed by atoms with Crippen molar-refractivity contribution in [3.05, 3.63) is 48.3 Å². The van der Waals surface area contributed by atoms with Gasteiger partial charge in [-0.3, -0.25) is 19.2 Å². The summed E-state index contributed by atoms with van der Waals surface area (Å²) in [4.78, 5) is 31.1. The number of anilines is 1. The highest BCUT2D eigenvalue weighted by Gasteiger charge is 2.50. The third-order valence-electron chi connectivity index (χ3n) is 5.64. The van der Waals surface area contributed by atoms with E-state index in [0.717, 1.165) is 37.3 Å². The van der Waals surface area contributed by atoms with E-state index in [9.17, 15) is 9.59 Å². The van der Waals surface area contributed by atoms with Crippen LogP contribution in [0, 0.1) is 0 Å². The predicted molar refractivity (Wildman–Crippen MR) is 102 cm³/mol. The van der Waals surface area contributed by atoms with Gasteiger partial charge in [-0.1, -0.05) is 18.2 Å². The average Bonchev–Trinajstić information content (AvgIpc) is 3.24. The average molecular weight is 367 g/mol. The fraction of sp³-hybridized carbons (Fsp3) is 0.450. The highest BCUT2D eigenvalue weighted by atomic mass is 16.2. The number of piperazine rings is 1. The molecule has 2 fully saturated rings. The van der Waals surface area contributed by atoms with Crippen molar-refractivity contribution in [2.24, 2.45) is 7.05 Å². The number of aromatic nitrogens is 2. The van der Waals surface area contributed by atoms with Crippen LogP contribution in [0.1, 0.15) is 18.9 Å². The maximum absolute atomic E-state index is 12.7. The van der Waals surface area contributed by atoms with Gasteiger partial charge in [0.2, 0.25) is 11.8 Å². The number of likely N-dealkylation sites (tertiary alicyclic amines) is 1. The number of hydrogen-bond acceptors (Lipinski definition) is 4. The number of carbonyl (C=O) groups excluding carboxylic acids is 2. The minimum atomic E-state index is -0.336. The molecule has 2 saturated heterocycles. The summed E-state index contributed by atoms with van der Waals surface area (Å²) < 4.78 is 1.81. The summed E-state index contributed by atoms with van der Waals surface area (Å²) in [6, 6.07) is 9.74. The fourth-order valence-electron chi connectivity index (χ4n) is 4.38. The summed E-state index contributed by atoms with van der Waals surface area (Å²) in [5.74, 6) is -0.0491. The number of rotatable bonds is 3. The lowest BCUT2D eigenvalue weighted by molar-refractivity contribution is -0.142. The molecule has 1 aromatic carbocycles. The monoisotopic (exact) mass is 367 g/mol. The van der Waals surface area contributed by atoms with Crippen molar-refractivity contribution in [1.82, 2.24) is 19.6 Å². The fourth-order valence-corrected chi connectivity index (χ4v) is 4.38. The summed E-state index contributed by atoms with van der Waals surface area (Å²) in [6.07, 6.45) is 4.77. The van der Waals surface area contributed by atoms with E-state index < -0.39 is 0 Å². The largest absolute Gasteiger partial charge is 0.325 e. The van der Waals surface area contributed by atoms with Gasteiger partial charge in [0, 0.05) is 51.1 Å². The molecule has 7 heteroatoms. The van der Waals surface area contributed by atoms with E-state index in [2.05, 4.69) is 10.00 Å². The summed E-state index contributed by atoms with van der Waals surface area (Å²) in [5, 5.41) is 4.24. The molecule has 2 aromatic rings. The van der Waals surface area contributed by atoms with Crippen molar-refractivity contribution < 1.29 is 9.59 Å². The normalized spacial score (nSPS) is 23.4. The molecular weight excluding hydrogens is 342 g/mol. The predicted octanol–water partition coefficient (Wildman–Crippen LogP) is 1.26. The number of benzene rings is 1. The summed E-state index contributed by atoms with van der Waals surface area (Å²) in [5.41, 5.74) is 1.73. The lowest BCUT2D eigenvalue weighted by Gasteiger charge is -2.48. The maximum atomic E-state index is 12.7. The van der Waals surface area contributed by atoms with E-state index in [1.165, 1.54) is 0 Å². The van der Waals surface area contributed by atoms with Gasteiger partial charge in [0.05, 0.1) is 18.3 Å². The molecule has 142 valence electrons. The lowest BCUT2D eigenvalue weighted by Crippen LogP contribution is -2.66. The minimum Gasteiger partial charge on any atom is -0.325 e. The minimum absolute atomic E-state index is 0.0206. The Labute approximate surface area is 159 Å². The molecule has 7 nitrogen and oxygen atoms in total. The van der Waals surface area contributed by atoms with Gasteiger partial charge >= 0.3 is 0 Å². The number of amides is 2. The van der Waals surface area contributed by atoms with E-state index in [0.29, 0.717) is 6.54 Å². The third kappa shape index (κ3) is 3.35. The number of nitrogens with zero attached hydrogens (tertiary/aromatic N) is 5. The van der Waals surface area contributed by atoms with Crippen LogP contribution in [0.2, 0.25) is 0 Å². The Balaban J connectivity index is 1.58. The van der Waals surface area contributed by atoms with Crippen LogP contribution in [0.4, 0.5) is 5.69 Å². The van der Waals surface area contributed by atoms with E-state index in [-0.39, 0.29) is 23.9 Å². The van der Waals surface area contributed by atoms with Crippen LogP contribution in [-0.2, 0) is 23.2 Å². The Bertz CT molecular complexity index is 849. The molecule has 2 aliphatic heterocycles. The van der Waals surface area contributed by atoms with Crippen molar-refractivity contribution in [2.45, 2.75) is 25.4 Å². The first-order valence-electron chi connectivity index (χ1n) is 9.30. The Morgan fingerprint density at radius 3 is 2.67 bits per heavy atom. The molecule has 3 heterocycles. The van der Waals surface area contributed by atoms with E-state index in [1.54, 1.807) is 16.5 Å². The van der Waals surface area contributed by atoms with Gasteiger partial charge in [-0.15, -0.1) is 0 Å². The standard InChI is InChI=1S/C20H25N5O2/c1-16(26)25-13-19(27)24(18-6-4-3-5-7-18)15-20(25)8-9-23(14-20)12-17-10-21-22(2)11-17/h3-7,10-11H,8-9,12-15H2,1-2H3/t20-/m0/s1. The van der Waals surface area contributed by atoms with Gasteiger partial charge in [-0.05, 0) is 18.6 Å². The van der Waals surface area contributed by atoms with Crippen LogP contribution >= 0.6 is 0 Å². The SMILES string of the molecule is CC(=O)N1CC(=O)N(c2ccccc2)C[C@@]12CCN(Cc1cnn(C)c1)C2. The number of para-hydroxylation sites is 1. The van der Waals surface area contributed by atoms with E-state index in [1.807, 2.05) is 54.7 Å². The Morgan fingerprint density at radius 1 is 1.22 bits per heavy atom. The van der Waals surface area contributed by atoms with Gasteiger partial charge < -0.3 is 9.80 Å². The lowest BCUT2D eigenvalue weighted by atomic mass is 9.91. The molecule has 1 aromatic heterocycles. The topological polar surface area (TPSA) is 61.7 Å². The highest BCUT2D eigenvalue weighted by molar-refractivity contribution is 5.98. The van der Waals surface area contributed by atoms with Crippen LogP contribution in [0.15, 0.2) is 42.7 Å². The molecule has 2 amide bonds. The molecule has 0 N–H and O–H groups in total. The second kappa shape index (κ2) is 6.81. The third-order valence-corrected chi connectivity index (χ3v) is 5.64. The number of hydrogen-bond donors (Lipinski definition) is 0. The summed E-state index contributed by atoms with van der Waals surface area (Å²) in [7, 11) is 1.91. The molecule has 1 atom stereocenters. The molecule has 0 saturated carbocycles. The van der Waals surface area contributed by atoms with Crippen molar-refractivity contribution in [2.75, 3.05) is 31.1 Å². The molecule has 0 radical (unpaired) electrons. The zero-order valence-corrected chi connectivity index (χ0v) is 15.8. The quantitative estimate of drug-likeness (QED) is 0.819. The molecule has 1 spiro atoms. The van der Waals surface area contributed by atoms with Crippen LogP contribution in [0.3, 0.4) is 0 Å². The molecule has 0 aliphatic carbocycles. The van der Waals surface area contributed by atoms with Crippen LogP contribution in [0.25, 0.3) is 0 Å². The van der Waals surface area contributed by atoms with Gasteiger partial charge in [0.1, 0.15) is 6.54 Å². The number of carbonyl (C=O) groups is 2. The molecule has 0 unspecified atom stereocenters. The Morgan fingerprint density at radius 2 is 2.00 bits per heavy atom. The first-order valence-corrected chi connectivity index (χ1v) is 9.30. The van der Waals surface area contributed by atoms with Crippen molar-refractivity contribution in [3.63, 3.8) is 0 Å². The zero-order chi connectivity index (χ0) is 19.0. The van der Waals surface area contributed by atoms with Crippen molar-refractivity contribution in [3.8, 4) is 0 Å². The smallest absolute Gasteiger partial charge is 0.246 e. The molecule has 2 aliphatic rings. The molecular formula is C20H25N5O2. The van der Waals surface area contributed by atoms with Crippen molar-refractivity contribution >= 4 is 17.5 Å². The first kappa shape index (κ1) is 17.7. The van der Waals surface area contributed by atoms with Gasteiger partial charge in [-0.25, -0.2) is 0 Å². The first-order chi connectivity index (χ1) is 13.0. The van der Waals surface area contributed by atoms with Gasteiger partial charge in [0.25, 0.3) is 0 Å². The van der Waals surface area contributed by atoms with Crippen molar-refractivity contribution in [1.29, 1.82) is 0 Å². The van der Waals surface area contributed by atoms with Gasteiger partial charge in [-0.2, -0.15) is 5.10 Å². The zero-order valence-electron chi connectivity index (χ0n) is 15.8. The van der Waals surface area contributed by atoms with Crippen LogP contribution in [-0.4, -0.2) is 63.1 Å². The molecule has 27 heavy (non-hydrogen) atoms.